The summed E-state index contributed by atoms with van der Waals surface area (Å²) in [6.45, 7) is 3.32. The highest BCUT2D eigenvalue weighted by Gasteiger charge is 2.34. The highest BCUT2D eigenvalue weighted by atomic mass is 79.9. The Hall–Kier alpha value is -2.82. The molecule has 3 aromatic rings. The number of anilines is 1. The smallest absolute Gasteiger partial charge is 0.309 e. The van der Waals surface area contributed by atoms with E-state index < -0.39 is 30.0 Å². The third-order valence-corrected chi connectivity index (χ3v) is 4.46. The van der Waals surface area contributed by atoms with Crippen molar-refractivity contribution >= 4 is 38.4 Å². The van der Waals surface area contributed by atoms with Crippen LogP contribution in [0.2, 0.25) is 0 Å². The van der Waals surface area contributed by atoms with E-state index in [1.165, 1.54) is 0 Å². The maximum atomic E-state index is 12.7. The van der Waals surface area contributed by atoms with Crippen LogP contribution in [0.1, 0.15) is 31.3 Å². The molecule has 0 saturated heterocycles. The fourth-order valence-corrected chi connectivity index (χ4v) is 3.06. The van der Waals surface area contributed by atoms with Gasteiger partial charge >= 0.3 is 6.18 Å². The van der Waals surface area contributed by atoms with Gasteiger partial charge in [-0.2, -0.15) is 18.3 Å². The van der Waals surface area contributed by atoms with Crippen molar-refractivity contribution in [2.75, 3.05) is 5.32 Å². The van der Waals surface area contributed by atoms with Crippen LogP contribution < -0.4 is 10.9 Å². The van der Waals surface area contributed by atoms with E-state index in [2.05, 4.69) is 36.3 Å². The largest absolute Gasteiger partial charge is 0.451 e. The van der Waals surface area contributed by atoms with Crippen molar-refractivity contribution in [2.45, 2.75) is 32.5 Å². The highest BCUT2D eigenvalue weighted by Crippen LogP contribution is 2.26. The molecule has 0 aliphatic heterocycles. The SMILES string of the molecule is CC(C)c1nn(CC(=O)Nc2ccnc(C(F)(F)F)n2)c(=O)c2ccc(Br)cc12. The fraction of sp³-hybridized carbons (Fsp3) is 0.278. The number of nitrogens with zero attached hydrogens (tertiary/aromatic N) is 4. The van der Waals surface area contributed by atoms with Crippen LogP contribution in [-0.4, -0.2) is 25.7 Å². The number of benzene rings is 1. The van der Waals surface area contributed by atoms with E-state index in [1.807, 2.05) is 13.8 Å². The lowest BCUT2D eigenvalue weighted by molar-refractivity contribution is -0.145. The van der Waals surface area contributed by atoms with Crippen LogP contribution in [0, 0.1) is 0 Å². The number of carbonyl (C=O) groups excluding carboxylic acids is 1. The summed E-state index contributed by atoms with van der Waals surface area (Å²) < 4.78 is 39.9. The minimum Gasteiger partial charge on any atom is -0.309 e. The molecule has 0 aliphatic carbocycles. The van der Waals surface area contributed by atoms with Crippen LogP contribution in [-0.2, 0) is 17.5 Å². The second kappa shape index (κ2) is 7.90. The summed E-state index contributed by atoms with van der Waals surface area (Å²) in [6, 6.07) is 6.24. The summed E-state index contributed by atoms with van der Waals surface area (Å²) in [5, 5.41) is 7.59. The van der Waals surface area contributed by atoms with Crippen LogP contribution >= 0.6 is 15.9 Å². The van der Waals surface area contributed by atoms with Crippen molar-refractivity contribution < 1.29 is 18.0 Å². The molecule has 1 aromatic carbocycles. The van der Waals surface area contributed by atoms with Crippen LogP contribution in [0.5, 0.6) is 0 Å². The first-order chi connectivity index (χ1) is 13.6. The molecule has 0 atom stereocenters. The van der Waals surface area contributed by atoms with Gasteiger partial charge in [-0.15, -0.1) is 0 Å². The number of nitrogens with one attached hydrogen (secondary N) is 1. The zero-order valence-corrected chi connectivity index (χ0v) is 16.9. The lowest BCUT2D eigenvalue weighted by atomic mass is 10.0. The molecule has 0 unspecified atom stereocenters. The summed E-state index contributed by atoms with van der Waals surface area (Å²) >= 11 is 3.36. The molecular weight excluding hydrogens is 455 g/mol. The van der Waals surface area contributed by atoms with Gasteiger partial charge in [0.05, 0.1) is 11.1 Å². The van der Waals surface area contributed by atoms with Gasteiger partial charge in [0, 0.05) is 16.1 Å². The molecule has 11 heteroatoms. The van der Waals surface area contributed by atoms with E-state index in [1.54, 1.807) is 18.2 Å². The van der Waals surface area contributed by atoms with Gasteiger partial charge in [-0.1, -0.05) is 29.8 Å². The second-order valence-electron chi connectivity index (χ2n) is 6.50. The maximum Gasteiger partial charge on any atom is 0.451 e. The Kier molecular flexibility index (Phi) is 5.69. The molecule has 29 heavy (non-hydrogen) atoms. The zero-order chi connectivity index (χ0) is 21.3. The highest BCUT2D eigenvalue weighted by molar-refractivity contribution is 9.10. The number of hydrogen-bond acceptors (Lipinski definition) is 5. The first-order valence-electron chi connectivity index (χ1n) is 8.46. The normalized spacial score (nSPS) is 11.8. The standard InChI is InChI=1S/C18H15BrF3N5O2/c1-9(2)15-12-7-10(19)3-4-11(12)16(29)27(26-15)8-14(28)24-13-5-6-23-17(25-13)18(20,21)22/h3-7,9H,8H2,1-2H3,(H,23,24,25,28). The fourth-order valence-electron chi connectivity index (χ4n) is 2.70. The van der Waals surface area contributed by atoms with Crippen molar-refractivity contribution in [3.63, 3.8) is 0 Å². The first kappa shape index (κ1) is 20.9. The minimum absolute atomic E-state index is 0.0297. The van der Waals surface area contributed by atoms with Gasteiger partial charge in [0.1, 0.15) is 12.4 Å². The predicted molar refractivity (Wildman–Crippen MR) is 103 cm³/mol. The van der Waals surface area contributed by atoms with Gasteiger partial charge in [-0.3, -0.25) is 9.59 Å². The van der Waals surface area contributed by atoms with Gasteiger partial charge in [-0.05, 0) is 30.2 Å². The summed E-state index contributed by atoms with van der Waals surface area (Å²) in [5.74, 6) is -2.46. The van der Waals surface area contributed by atoms with Gasteiger partial charge in [0.25, 0.3) is 5.56 Å². The monoisotopic (exact) mass is 469 g/mol. The first-order valence-corrected chi connectivity index (χ1v) is 9.26. The van der Waals surface area contributed by atoms with Crippen molar-refractivity contribution in [2.24, 2.45) is 0 Å². The van der Waals surface area contributed by atoms with E-state index in [0.717, 1.165) is 21.4 Å². The third kappa shape index (κ3) is 4.61. The summed E-state index contributed by atoms with van der Waals surface area (Å²) in [7, 11) is 0. The number of halogens is 4. The lowest BCUT2D eigenvalue weighted by Gasteiger charge is -2.13. The molecule has 7 nitrogen and oxygen atoms in total. The van der Waals surface area contributed by atoms with E-state index in [4.69, 9.17) is 0 Å². The van der Waals surface area contributed by atoms with E-state index in [-0.39, 0.29) is 11.7 Å². The van der Waals surface area contributed by atoms with E-state index in [0.29, 0.717) is 16.5 Å². The third-order valence-electron chi connectivity index (χ3n) is 3.97. The van der Waals surface area contributed by atoms with E-state index >= 15 is 0 Å². The Labute approximate surface area is 171 Å². The van der Waals surface area contributed by atoms with Gasteiger partial charge < -0.3 is 5.32 Å². The molecule has 2 heterocycles. The number of rotatable bonds is 4. The average Bonchev–Trinajstić information content (AvgIpc) is 2.63. The van der Waals surface area contributed by atoms with Crippen molar-refractivity contribution in [3.8, 4) is 0 Å². The lowest BCUT2D eigenvalue weighted by Crippen LogP contribution is -2.31. The Morgan fingerprint density at radius 1 is 1.24 bits per heavy atom. The van der Waals surface area contributed by atoms with Gasteiger partial charge in [0.2, 0.25) is 11.7 Å². The number of amides is 1. The molecule has 2 aromatic heterocycles. The number of fused-ring (bicyclic) bond motifs is 1. The summed E-state index contributed by atoms with van der Waals surface area (Å²) in [5.41, 5.74) is 0.140. The number of aromatic nitrogens is 4. The molecule has 1 amide bonds. The van der Waals surface area contributed by atoms with Gasteiger partial charge in [0.15, 0.2) is 0 Å². The van der Waals surface area contributed by atoms with Crippen LogP contribution in [0.4, 0.5) is 19.0 Å². The summed E-state index contributed by atoms with van der Waals surface area (Å²) in [6.07, 6.45) is -3.85. The number of carbonyl (C=O) groups is 1. The van der Waals surface area contributed by atoms with Crippen molar-refractivity contribution in [1.29, 1.82) is 0 Å². The van der Waals surface area contributed by atoms with Crippen molar-refractivity contribution in [3.05, 3.63) is 56.8 Å². The molecule has 0 radical (unpaired) electrons. The van der Waals surface area contributed by atoms with Crippen LogP contribution in [0.25, 0.3) is 10.8 Å². The second-order valence-corrected chi connectivity index (χ2v) is 7.42. The van der Waals surface area contributed by atoms with Gasteiger partial charge in [-0.25, -0.2) is 14.6 Å². The Bertz CT molecular complexity index is 1140. The molecular formula is C18H15BrF3N5O2. The molecule has 152 valence electrons. The number of alkyl halides is 3. The molecule has 1 N–H and O–H groups in total. The molecule has 3 rings (SSSR count). The van der Waals surface area contributed by atoms with E-state index in [9.17, 15) is 22.8 Å². The van der Waals surface area contributed by atoms with Crippen LogP contribution in [0.15, 0.2) is 39.7 Å². The average molecular weight is 470 g/mol. The summed E-state index contributed by atoms with van der Waals surface area (Å²) in [4.78, 5) is 31.4. The molecule has 0 fully saturated rings. The zero-order valence-electron chi connectivity index (χ0n) is 15.3. The maximum absolute atomic E-state index is 12.7. The van der Waals surface area contributed by atoms with Crippen molar-refractivity contribution in [1.82, 2.24) is 19.7 Å². The number of hydrogen-bond donors (Lipinski definition) is 1. The molecule has 0 saturated carbocycles. The Morgan fingerprint density at radius 3 is 2.62 bits per heavy atom. The quantitative estimate of drug-likeness (QED) is 0.628. The Balaban J connectivity index is 1.92. The van der Waals surface area contributed by atoms with Crippen LogP contribution in [0.3, 0.4) is 0 Å². The topological polar surface area (TPSA) is 89.8 Å². The molecule has 0 spiro atoms. The molecule has 0 aliphatic rings. The molecule has 0 bridgehead atoms. The predicted octanol–water partition coefficient (Wildman–Crippen LogP) is 3.73. The minimum atomic E-state index is -4.74. The Morgan fingerprint density at radius 2 is 1.97 bits per heavy atom.